The van der Waals surface area contributed by atoms with E-state index in [1.54, 1.807) is 0 Å². The van der Waals surface area contributed by atoms with Crippen LogP contribution in [0, 0.1) is 32.6 Å². The molecule has 3 saturated heterocycles. The van der Waals surface area contributed by atoms with E-state index < -0.39 is 17.4 Å². The summed E-state index contributed by atoms with van der Waals surface area (Å²) in [6.07, 6.45) is 1.76. The van der Waals surface area contributed by atoms with Crippen LogP contribution in [0.1, 0.15) is 35.1 Å². The first-order chi connectivity index (χ1) is 14.9. The fourth-order valence-electron chi connectivity index (χ4n) is 6.47. The highest BCUT2D eigenvalue weighted by atomic mass is 16.2. The van der Waals surface area contributed by atoms with Crippen molar-refractivity contribution in [3.63, 3.8) is 0 Å². The Bertz CT molecular complexity index is 1170. The molecule has 1 spiro atoms. The standard InChI is InChI=1S/C25H25N3O3/c1-13-6-9-16(10-7-13)28-22(29)19-18-5-4-12-27(18)25(20(19)23(28)30)17-11-8-14(2)15(3)21(17)26-24(25)31/h6-11,18-20H,4-5,12H2,1-3H3,(H,26,31)/t18-,19+,20-,25+/m0/s1. The van der Waals surface area contributed by atoms with E-state index in [0.29, 0.717) is 5.69 Å². The number of nitrogens with zero attached hydrogens (tertiary/aromatic N) is 2. The molecule has 158 valence electrons. The molecular weight excluding hydrogens is 390 g/mol. The molecule has 3 amide bonds. The fourth-order valence-corrected chi connectivity index (χ4v) is 6.47. The molecule has 0 unspecified atom stereocenters. The van der Waals surface area contributed by atoms with Crippen molar-refractivity contribution in [3.05, 3.63) is 58.7 Å². The number of nitrogens with one attached hydrogen (secondary N) is 1. The molecular formula is C25H25N3O3. The van der Waals surface area contributed by atoms with E-state index >= 15 is 0 Å². The van der Waals surface area contributed by atoms with Gasteiger partial charge in [0.1, 0.15) is 5.54 Å². The quantitative estimate of drug-likeness (QED) is 0.727. The molecule has 0 saturated carbocycles. The molecule has 4 aliphatic heterocycles. The third-order valence-corrected chi connectivity index (χ3v) is 7.99. The fraction of sp³-hybridized carbons (Fsp3) is 0.400. The summed E-state index contributed by atoms with van der Waals surface area (Å²) in [6, 6.07) is 11.4. The summed E-state index contributed by atoms with van der Waals surface area (Å²) in [5.74, 6) is -1.78. The number of imide groups is 1. The number of hydrogen-bond acceptors (Lipinski definition) is 4. The molecule has 4 aliphatic rings. The second-order valence-corrected chi connectivity index (χ2v) is 9.40. The molecule has 4 atom stereocenters. The summed E-state index contributed by atoms with van der Waals surface area (Å²) < 4.78 is 0. The number of hydrogen-bond donors (Lipinski definition) is 1. The van der Waals surface area contributed by atoms with E-state index in [9.17, 15) is 14.4 Å². The highest BCUT2D eigenvalue weighted by Gasteiger charge is 2.74. The summed E-state index contributed by atoms with van der Waals surface area (Å²) >= 11 is 0. The molecule has 6 nitrogen and oxygen atoms in total. The minimum atomic E-state index is -1.11. The van der Waals surface area contributed by atoms with E-state index in [-0.39, 0.29) is 23.8 Å². The lowest BCUT2D eigenvalue weighted by Crippen LogP contribution is -2.54. The van der Waals surface area contributed by atoms with Crippen LogP contribution in [0.3, 0.4) is 0 Å². The Morgan fingerprint density at radius 1 is 0.968 bits per heavy atom. The molecule has 6 rings (SSSR count). The van der Waals surface area contributed by atoms with Gasteiger partial charge in [0.25, 0.3) is 0 Å². The summed E-state index contributed by atoms with van der Waals surface area (Å²) in [7, 11) is 0. The van der Waals surface area contributed by atoms with Gasteiger partial charge in [-0.25, -0.2) is 4.90 Å². The molecule has 2 aromatic rings. The number of amides is 3. The third kappa shape index (κ3) is 2.09. The summed E-state index contributed by atoms with van der Waals surface area (Å²) in [5.41, 5.74) is 4.33. The lowest BCUT2D eigenvalue weighted by Gasteiger charge is -2.36. The number of rotatable bonds is 1. The van der Waals surface area contributed by atoms with Crippen molar-refractivity contribution in [3.8, 4) is 0 Å². The van der Waals surface area contributed by atoms with Crippen LogP contribution in [-0.2, 0) is 19.9 Å². The first-order valence-corrected chi connectivity index (χ1v) is 11.0. The number of aryl methyl sites for hydroxylation is 2. The van der Waals surface area contributed by atoms with Gasteiger partial charge in [-0.15, -0.1) is 0 Å². The topological polar surface area (TPSA) is 69.7 Å². The third-order valence-electron chi connectivity index (χ3n) is 7.99. The van der Waals surface area contributed by atoms with Crippen molar-refractivity contribution < 1.29 is 14.4 Å². The molecule has 4 heterocycles. The largest absolute Gasteiger partial charge is 0.324 e. The van der Waals surface area contributed by atoms with Gasteiger partial charge in [-0.2, -0.15) is 0 Å². The molecule has 3 fully saturated rings. The summed E-state index contributed by atoms with van der Waals surface area (Å²) in [5, 5.41) is 3.10. The zero-order valence-electron chi connectivity index (χ0n) is 17.9. The summed E-state index contributed by atoms with van der Waals surface area (Å²) in [6.45, 7) is 6.72. The van der Waals surface area contributed by atoms with Crippen LogP contribution in [-0.4, -0.2) is 35.2 Å². The normalized spacial score (nSPS) is 31.4. The van der Waals surface area contributed by atoms with Crippen LogP contribution in [0.2, 0.25) is 0 Å². The van der Waals surface area contributed by atoms with Crippen molar-refractivity contribution in [1.29, 1.82) is 0 Å². The molecule has 0 aliphatic carbocycles. The van der Waals surface area contributed by atoms with Gasteiger partial charge in [-0.1, -0.05) is 29.8 Å². The van der Waals surface area contributed by atoms with Crippen LogP contribution < -0.4 is 10.2 Å². The smallest absolute Gasteiger partial charge is 0.250 e. The summed E-state index contributed by atoms with van der Waals surface area (Å²) in [4.78, 5) is 44.7. The van der Waals surface area contributed by atoms with Gasteiger partial charge in [0, 0.05) is 17.3 Å². The van der Waals surface area contributed by atoms with E-state index in [4.69, 9.17) is 0 Å². The number of carbonyl (C=O) groups excluding carboxylic acids is 3. The number of fused-ring (bicyclic) bond motifs is 7. The van der Waals surface area contributed by atoms with Gasteiger partial charge in [0.15, 0.2) is 0 Å². The highest BCUT2D eigenvalue weighted by Crippen LogP contribution is 2.61. The molecule has 6 heteroatoms. The van der Waals surface area contributed by atoms with Crippen LogP contribution in [0.15, 0.2) is 36.4 Å². The SMILES string of the molecule is Cc1ccc(N2C(=O)[C@H]3[C@@H](C2=O)[C@]2(C(=O)Nc4c2ccc(C)c4C)N2CCC[C@@H]32)cc1. The molecule has 1 N–H and O–H groups in total. The van der Waals surface area contributed by atoms with Gasteiger partial charge < -0.3 is 5.32 Å². The molecule has 0 radical (unpaired) electrons. The van der Waals surface area contributed by atoms with Crippen LogP contribution in [0.25, 0.3) is 0 Å². The predicted octanol–water partition coefficient (Wildman–Crippen LogP) is 3.04. The van der Waals surface area contributed by atoms with Gasteiger partial charge in [0.05, 0.1) is 17.5 Å². The Balaban J connectivity index is 1.56. The number of benzene rings is 2. The van der Waals surface area contributed by atoms with Gasteiger partial charge in [-0.3, -0.25) is 19.3 Å². The Hall–Kier alpha value is -2.99. The van der Waals surface area contributed by atoms with Crippen molar-refractivity contribution in [1.82, 2.24) is 4.90 Å². The average molecular weight is 415 g/mol. The van der Waals surface area contributed by atoms with Crippen LogP contribution >= 0.6 is 0 Å². The second-order valence-electron chi connectivity index (χ2n) is 9.40. The molecule has 2 aromatic carbocycles. The average Bonchev–Trinajstić information content (AvgIpc) is 3.45. The predicted molar refractivity (Wildman–Crippen MR) is 117 cm³/mol. The lowest BCUT2D eigenvalue weighted by molar-refractivity contribution is -0.135. The van der Waals surface area contributed by atoms with Crippen molar-refractivity contribution in [2.75, 3.05) is 16.8 Å². The monoisotopic (exact) mass is 415 g/mol. The minimum Gasteiger partial charge on any atom is -0.324 e. The van der Waals surface area contributed by atoms with E-state index in [0.717, 1.165) is 47.3 Å². The van der Waals surface area contributed by atoms with Gasteiger partial charge in [-0.05, 0) is 63.4 Å². The Labute approximate surface area is 181 Å². The van der Waals surface area contributed by atoms with E-state index in [1.807, 2.05) is 57.2 Å². The molecule has 31 heavy (non-hydrogen) atoms. The zero-order chi connectivity index (χ0) is 21.7. The maximum atomic E-state index is 13.9. The van der Waals surface area contributed by atoms with Gasteiger partial charge in [0.2, 0.25) is 17.7 Å². The lowest BCUT2D eigenvalue weighted by atomic mass is 9.75. The Morgan fingerprint density at radius 2 is 1.71 bits per heavy atom. The zero-order valence-corrected chi connectivity index (χ0v) is 17.9. The Kier molecular flexibility index (Phi) is 3.65. The Morgan fingerprint density at radius 3 is 2.45 bits per heavy atom. The first kappa shape index (κ1) is 18.8. The van der Waals surface area contributed by atoms with Crippen molar-refractivity contribution in [2.45, 2.75) is 45.2 Å². The second kappa shape index (κ2) is 6.04. The molecule has 0 bridgehead atoms. The van der Waals surface area contributed by atoms with Crippen molar-refractivity contribution >= 4 is 29.1 Å². The minimum absolute atomic E-state index is 0.0878. The van der Waals surface area contributed by atoms with E-state index in [1.165, 1.54) is 4.90 Å². The maximum absolute atomic E-state index is 13.9. The molecule has 0 aromatic heterocycles. The van der Waals surface area contributed by atoms with Crippen LogP contribution in [0.4, 0.5) is 11.4 Å². The maximum Gasteiger partial charge on any atom is 0.250 e. The van der Waals surface area contributed by atoms with E-state index in [2.05, 4.69) is 10.2 Å². The first-order valence-electron chi connectivity index (χ1n) is 11.0. The number of anilines is 2. The number of carbonyl (C=O) groups is 3. The van der Waals surface area contributed by atoms with Crippen molar-refractivity contribution in [2.24, 2.45) is 11.8 Å². The van der Waals surface area contributed by atoms with Crippen LogP contribution in [0.5, 0.6) is 0 Å². The highest BCUT2D eigenvalue weighted by molar-refractivity contribution is 6.26. The van der Waals surface area contributed by atoms with Gasteiger partial charge >= 0.3 is 0 Å².